The molecule has 1 fully saturated rings. The lowest BCUT2D eigenvalue weighted by atomic mass is 9.98. The van der Waals surface area contributed by atoms with E-state index in [1.54, 1.807) is 0 Å². The molecule has 0 saturated heterocycles. The van der Waals surface area contributed by atoms with E-state index in [-0.39, 0.29) is 0 Å². The maximum atomic E-state index is 4.06. The summed E-state index contributed by atoms with van der Waals surface area (Å²) in [7, 11) is 0. The van der Waals surface area contributed by atoms with Crippen LogP contribution in [0.2, 0.25) is 0 Å². The highest BCUT2D eigenvalue weighted by molar-refractivity contribution is 4.77. The van der Waals surface area contributed by atoms with Gasteiger partial charge < -0.3 is 5.32 Å². The Morgan fingerprint density at radius 2 is 1.18 bits per heavy atom. The van der Waals surface area contributed by atoms with Crippen LogP contribution >= 0.6 is 0 Å². The van der Waals surface area contributed by atoms with Gasteiger partial charge >= 0.3 is 0 Å². The van der Waals surface area contributed by atoms with Crippen molar-refractivity contribution in [1.29, 1.82) is 0 Å². The Bertz CT molecular complexity index is 218. The third kappa shape index (κ3) is 10.6. The van der Waals surface area contributed by atoms with E-state index in [4.69, 9.17) is 0 Å². The van der Waals surface area contributed by atoms with Crippen LogP contribution in [0.25, 0.3) is 0 Å². The molecule has 0 radical (unpaired) electrons. The Kier molecular flexibility index (Phi) is 13.2. The highest BCUT2D eigenvalue weighted by atomic mass is 14.9. The van der Waals surface area contributed by atoms with Crippen LogP contribution in [0.15, 0.2) is 0 Å². The molecule has 0 aromatic heterocycles. The molecule has 1 rings (SSSR count). The first-order valence-electron chi connectivity index (χ1n) is 10.6. The molecule has 132 valence electrons. The molecule has 1 atom stereocenters. The van der Waals surface area contributed by atoms with Crippen molar-refractivity contribution in [3.05, 3.63) is 0 Å². The number of hydrogen-bond acceptors (Lipinski definition) is 1. The van der Waals surface area contributed by atoms with Gasteiger partial charge in [0.1, 0.15) is 0 Å². The minimum atomic E-state index is 0.807. The lowest BCUT2D eigenvalue weighted by Crippen LogP contribution is -2.38. The predicted octanol–water partition coefficient (Wildman–Crippen LogP) is 7.00. The molecule has 0 bridgehead atoms. The van der Waals surface area contributed by atoms with E-state index in [1.165, 1.54) is 109 Å². The second kappa shape index (κ2) is 14.5. The molecule has 0 spiro atoms. The smallest absolute Gasteiger partial charge is 0.00696 e. The van der Waals surface area contributed by atoms with E-state index in [0.717, 1.165) is 12.1 Å². The molecular weight excluding hydrogens is 266 g/mol. The third-order valence-corrected chi connectivity index (χ3v) is 5.39. The van der Waals surface area contributed by atoms with Gasteiger partial charge in [0.05, 0.1) is 0 Å². The highest BCUT2D eigenvalue weighted by Crippen LogP contribution is 2.20. The zero-order valence-corrected chi connectivity index (χ0v) is 15.7. The van der Waals surface area contributed by atoms with Crippen molar-refractivity contribution in [1.82, 2.24) is 5.32 Å². The summed E-state index contributed by atoms with van der Waals surface area (Å²) in [5, 5.41) is 4.06. The van der Waals surface area contributed by atoms with Crippen molar-refractivity contribution >= 4 is 0 Å². The van der Waals surface area contributed by atoms with Gasteiger partial charge in [0.15, 0.2) is 0 Å². The van der Waals surface area contributed by atoms with Crippen LogP contribution in [-0.4, -0.2) is 12.1 Å². The third-order valence-electron chi connectivity index (χ3n) is 5.39. The Morgan fingerprint density at radius 1 is 0.682 bits per heavy atom. The highest BCUT2D eigenvalue weighted by Gasteiger charge is 2.16. The molecule has 0 aromatic rings. The molecule has 1 unspecified atom stereocenters. The minimum absolute atomic E-state index is 0.807. The molecular formula is C21H43N. The largest absolute Gasteiger partial charge is 0.311 e. The fourth-order valence-electron chi connectivity index (χ4n) is 3.90. The first-order chi connectivity index (χ1) is 10.9. The Morgan fingerprint density at radius 3 is 1.73 bits per heavy atom. The van der Waals surface area contributed by atoms with E-state index in [0.29, 0.717) is 0 Å². The lowest BCUT2D eigenvalue weighted by Gasteiger charge is -2.25. The molecule has 0 amide bonds. The summed E-state index contributed by atoms with van der Waals surface area (Å²) in [6.07, 6.45) is 24.3. The molecule has 0 aliphatic heterocycles. The molecule has 1 nitrogen and oxygen atoms in total. The van der Waals surface area contributed by atoms with Gasteiger partial charge in [0.2, 0.25) is 0 Å². The summed E-state index contributed by atoms with van der Waals surface area (Å²) < 4.78 is 0. The van der Waals surface area contributed by atoms with Gasteiger partial charge in [-0.05, 0) is 25.7 Å². The number of hydrogen-bond donors (Lipinski definition) is 1. The normalized spacial score (nSPS) is 18.3. The average molecular weight is 310 g/mol. The molecule has 1 aliphatic carbocycles. The first kappa shape index (κ1) is 20.0. The maximum Gasteiger partial charge on any atom is 0.00696 e. The van der Waals surface area contributed by atoms with Gasteiger partial charge in [-0.25, -0.2) is 0 Å². The minimum Gasteiger partial charge on any atom is -0.311 e. The molecule has 1 saturated carbocycles. The summed E-state index contributed by atoms with van der Waals surface area (Å²) in [6.45, 7) is 4.62. The Hall–Kier alpha value is -0.0400. The van der Waals surface area contributed by atoms with Gasteiger partial charge in [0, 0.05) is 12.1 Å². The quantitative estimate of drug-likeness (QED) is 0.285. The van der Waals surface area contributed by atoms with E-state index < -0.39 is 0 Å². The fraction of sp³-hybridized carbons (Fsp3) is 1.00. The first-order valence-corrected chi connectivity index (χ1v) is 10.6. The van der Waals surface area contributed by atoms with Crippen LogP contribution in [0.5, 0.6) is 0 Å². The van der Waals surface area contributed by atoms with Gasteiger partial charge in [-0.15, -0.1) is 0 Å². The van der Waals surface area contributed by atoms with Crippen LogP contribution in [0, 0.1) is 0 Å². The van der Waals surface area contributed by atoms with Crippen LogP contribution in [0.4, 0.5) is 0 Å². The van der Waals surface area contributed by atoms with Crippen LogP contribution < -0.4 is 5.32 Å². The number of nitrogens with one attached hydrogen (secondary N) is 1. The predicted molar refractivity (Wildman–Crippen MR) is 101 cm³/mol. The summed E-state index contributed by atoms with van der Waals surface area (Å²) in [5.41, 5.74) is 0. The van der Waals surface area contributed by atoms with E-state index >= 15 is 0 Å². The van der Waals surface area contributed by atoms with Crippen molar-refractivity contribution in [3.8, 4) is 0 Å². The molecule has 1 N–H and O–H groups in total. The van der Waals surface area contributed by atoms with Crippen molar-refractivity contribution < 1.29 is 0 Å². The fourth-order valence-corrected chi connectivity index (χ4v) is 3.90. The number of rotatable bonds is 13. The SMILES string of the molecule is CCCCCCCC(CCCCCC)NC1CCCCCC1. The van der Waals surface area contributed by atoms with Crippen molar-refractivity contribution in [2.75, 3.05) is 0 Å². The van der Waals surface area contributed by atoms with E-state index in [9.17, 15) is 0 Å². The summed E-state index contributed by atoms with van der Waals surface area (Å²) in [6, 6.07) is 1.64. The molecule has 22 heavy (non-hydrogen) atoms. The van der Waals surface area contributed by atoms with Crippen LogP contribution in [0.1, 0.15) is 123 Å². The average Bonchev–Trinajstić information content (AvgIpc) is 2.79. The lowest BCUT2D eigenvalue weighted by molar-refractivity contribution is 0.346. The zero-order chi connectivity index (χ0) is 15.9. The van der Waals surface area contributed by atoms with Crippen molar-refractivity contribution in [2.24, 2.45) is 0 Å². The summed E-state index contributed by atoms with van der Waals surface area (Å²) in [4.78, 5) is 0. The topological polar surface area (TPSA) is 12.0 Å². The van der Waals surface area contributed by atoms with E-state index in [1.807, 2.05) is 0 Å². The van der Waals surface area contributed by atoms with Crippen LogP contribution in [-0.2, 0) is 0 Å². The van der Waals surface area contributed by atoms with Gasteiger partial charge in [0.25, 0.3) is 0 Å². The van der Waals surface area contributed by atoms with Crippen molar-refractivity contribution in [3.63, 3.8) is 0 Å². The molecule has 1 heteroatoms. The van der Waals surface area contributed by atoms with E-state index in [2.05, 4.69) is 19.2 Å². The van der Waals surface area contributed by atoms with Gasteiger partial charge in [-0.2, -0.15) is 0 Å². The van der Waals surface area contributed by atoms with Crippen LogP contribution in [0.3, 0.4) is 0 Å². The second-order valence-corrected chi connectivity index (χ2v) is 7.60. The van der Waals surface area contributed by atoms with Gasteiger partial charge in [-0.3, -0.25) is 0 Å². The Labute approximate surface area is 141 Å². The molecule has 0 aromatic carbocycles. The Balaban J connectivity index is 2.25. The second-order valence-electron chi connectivity index (χ2n) is 7.60. The standard InChI is InChI=1S/C21H43N/c1-3-5-7-9-13-17-20(16-12-8-6-4-2)22-21-18-14-10-11-15-19-21/h20-22H,3-19H2,1-2H3. The summed E-state index contributed by atoms with van der Waals surface area (Å²) >= 11 is 0. The summed E-state index contributed by atoms with van der Waals surface area (Å²) in [5.74, 6) is 0. The monoisotopic (exact) mass is 309 g/mol. The number of unbranched alkanes of at least 4 members (excludes halogenated alkanes) is 7. The maximum absolute atomic E-state index is 4.06. The molecule has 1 aliphatic rings. The zero-order valence-electron chi connectivity index (χ0n) is 15.7. The van der Waals surface area contributed by atoms with Crippen molar-refractivity contribution in [2.45, 2.75) is 135 Å². The van der Waals surface area contributed by atoms with Gasteiger partial charge in [-0.1, -0.05) is 97.3 Å². The molecule has 0 heterocycles.